The van der Waals surface area contributed by atoms with E-state index in [1.807, 2.05) is 19.1 Å². The predicted molar refractivity (Wildman–Crippen MR) is 78.3 cm³/mol. The summed E-state index contributed by atoms with van der Waals surface area (Å²) in [7, 11) is 0. The molecule has 0 aliphatic heterocycles. The first-order valence-corrected chi connectivity index (χ1v) is 7.87. The van der Waals surface area contributed by atoms with E-state index in [1.54, 1.807) is 6.07 Å². The largest absolute Gasteiger partial charge is 0.478 e. The number of benzene rings is 1. The summed E-state index contributed by atoms with van der Waals surface area (Å²) in [6.45, 7) is 2.02. The number of imidazole rings is 1. The fourth-order valence-corrected chi connectivity index (χ4v) is 5.41. The molecule has 0 saturated heterocycles. The number of nitrogens with zero attached hydrogens (tertiary/aromatic N) is 2. The van der Waals surface area contributed by atoms with Crippen molar-refractivity contribution in [3.8, 4) is 0 Å². The maximum atomic E-state index is 11.4. The first-order chi connectivity index (χ1) is 10.2. The SMILES string of the molecule is Cc1nc2c(C(=O)O)cccc2n1C1C2C3CCC(C3)C21. The van der Waals surface area contributed by atoms with Gasteiger partial charge in [0.25, 0.3) is 0 Å². The summed E-state index contributed by atoms with van der Waals surface area (Å²) >= 11 is 0. The highest BCUT2D eigenvalue weighted by Crippen LogP contribution is 2.71. The molecule has 4 atom stereocenters. The Morgan fingerprint density at radius 1 is 1.29 bits per heavy atom. The van der Waals surface area contributed by atoms with Crippen molar-refractivity contribution in [2.24, 2.45) is 23.7 Å². The first-order valence-electron chi connectivity index (χ1n) is 7.87. The number of carboxylic acid groups (broad SMARTS) is 1. The molecule has 1 N–H and O–H groups in total. The summed E-state index contributed by atoms with van der Waals surface area (Å²) in [5.41, 5.74) is 1.98. The van der Waals surface area contributed by atoms with E-state index in [1.165, 1.54) is 19.3 Å². The number of hydrogen-bond acceptors (Lipinski definition) is 2. The summed E-state index contributed by atoms with van der Waals surface area (Å²) in [5, 5.41) is 9.34. The number of aryl methyl sites for hydroxylation is 1. The molecule has 4 unspecified atom stereocenters. The van der Waals surface area contributed by atoms with Crippen LogP contribution in [0.2, 0.25) is 0 Å². The van der Waals surface area contributed by atoms with Crippen LogP contribution in [0.3, 0.4) is 0 Å². The standard InChI is InChI=1S/C17H18N2O2/c1-8-18-15-11(17(20)21)3-2-4-12(15)19(8)16-13-9-5-6-10(7-9)14(13)16/h2-4,9-10,13-14,16H,5-7H2,1H3,(H,20,21). The molecular weight excluding hydrogens is 264 g/mol. The van der Waals surface area contributed by atoms with Crippen molar-refractivity contribution in [2.75, 3.05) is 0 Å². The fraction of sp³-hybridized carbons (Fsp3) is 0.529. The van der Waals surface area contributed by atoms with E-state index in [0.717, 1.165) is 35.0 Å². The molecule has 0 amide bonds. The molecule has 2 bridgehead atoms. The highest BCUT2D eigenvalue weighted by Gasteiger charge is 2.66. The molecule has 0 radical (unpaired) electrons. The molecule has 1 heterocycles. The van der Waals surface area contributed by atoms with Crippen LogP contribution >= 0.6 is 0 Å². The van der Waals surface area contributed by atoms with Crippen molar-refractivity contribution in [1.82, 2.24) is 9.55 Å². The summed E-state index contributed by atoms with van der Waals surface area (Å²) < 4.78 is 2.33. The van der Waals surface area contributed by atoms with Gasteiger partial charge in [0.15, 0.2) is 0 Å². The smallest absolute Gasteiger partial charge is 0.337 e. The maximum absolute atomic E-state index is 11.4. The Balaban J connectivity index is 1.67. The van der Waals surface area contributed by atoms with E-state index < -0.39 is 5.97 Å². The lowest BCUT2D eigenvalue weighted by Crippen LogP contribution is -2.06. The van der Waals surface area contributed by atoms with E-state index >= 15 is 0 Å². The van der Waals surface area contributed by atoms with E-state index in [4.69, 9.17) is 0 Å². The molecule has 108 valence electrons. The van der Waals surface area contributed by atoms with Gasteiger partial charge in [0.05, 0.1) is 11.1 Å². The van der Waals surface area contributed by atoms with Crippen LogP contribution in [0.15, 0.2) is 18.2 Å². The number of aromatic nitrogens is 2. The molecule has 3 saturated carbocycles. The van der Waals surface area contributed by atoms with Gasteiger partial charge in [0.1, 0.15) is 11.3 Å². The molecule has 1 aromatic heterocycles. The molecule has 3 aliphatic rings. The molecular formula is C17H18N2O2. The van der Waals surface area contributed by atoms with Crippen LogP contribution in [0, 0.1) is 30.6 Å². The lowest BCUT2D eigenvalue weighted by atomic mass is 10.0. The highest BCUT2D eigenvalue weighted by molar-refractivity contribution is 6.01. The quantitative estimate of drug-likeness (QED) is 0.919. The van der Waals surface area contributed by atoms with Gasteiger partial charge in [-0.25, -0.2) is 9.78 Å². The van der Waals surface area contributed by atoms with Crippen LogP contribution < -0.4 is 0 Å². The van der Waals surface area contributed by atoms with Crippen LogP contribution in [-0.4, -0.2) is 20.6 Å². The second-order valence-electron chi connectivity index (χ2n) is 6.99. The molecule has 2 aromatic rings. The van der Waals surface area contributed by atoms with Crippen LogP contribution in [0.5, 0.6) is 0 Å². The Hall–Kier alpha value is -1.84. The Kier molecular flexibility index (Phi) is 2.06. The van der Waals surface area contributed by atoms with Crippen molar-refractivity contribution >= 4 is 17.0 Å². The van der Waals surface area contributed by atoms with Crippen molar-refractivity contribution in [3.05, 3.63) is 29.6 Å². The van der Waals surface area contributed by atoms with Crippen LogP contribution in [0.1, 0.15) is 41.5 Å². The van der Waals surface area contributed by atoms with Gasteiger partial charge >= 0.3 is 5.97 Å². The number of rotatable bonds is 2. The summed E-state index contributed by atoms with van der Waals surface area (Å²) in [4.78, 5) is 16.0. The Morgan fingerprint density at radius 2 is 2.00 bits per heavy atom. The Labute approximate surface area is 122 Å². The lowest BCUT2D eigenvalue weighted by Gasteiger charge is -2.12. The van der Waals surface area contributed by atoms with Gasteiger partial charge in [0.2, 0.25) is 0 Å². The number of para-hydroxylation sites is 1. The second-order valence-corrected chi connectivity index (χ2v) is 6.99. The van der Waals surface area contributed by atoms with E-state index in [2.05, 4.69) is 9.55 Å². The third-order valence-electron chi connectivity index (χ3n) is 6.12. The zero-order valence-electron chi connectivity index (χ0n) is 12.0. The zero-order chi connectivity index (χ0) is 14.3. The summed E-state index contributed by atoms with van der Waals surface area (Å²) in [6, 6.07) is 6.09. The predicted octanol–water partition coefficient (Wildman–Crippen LogP) is 3.26. The number of carbonyl (C=O) groups is 1. The molecule has 1 aromatic carbocycles. The van der Waals surface area contributed by atoms with Gasteiger partial charge in [-0.3, -0.25) is 0 Å². The van der Waals surface area contributed by atoms with Crippen LogP contribution in [0.4, 0.5) is 0 Å². The van der Waals surface area contributed by atoms with Gasteiger partial charge in [-0.15, -0.1) is 0 Å². The Bertz CT molecular complexity index is 762. The van der Waals surface area contributed by atoms with Gasteiger partial charge in [-0.1, -0.05) is 6.07 Å². The molecule has 0 spiro atoms. The van der Waals surface area contributed by atoms with Crippen LogP contribution in [0.25, 0.3) is 11.0 Å². The Morgan fingerprint density at radius 3 is 2.67 bits per heavy atom. The molecule has 4 heteroatoms. The lowest BCUT2D eigenvalue weighted by molar-refractivity contribution is 0.0699. The monoisotopic (exact) mass is 282 g/mol. The van der Waals surface area contributed by atoms with Gasteiger partial charge < -0.3 is 9.67 Å². The van der Waals surface area contributed by atoms with E-state index in [-0.39, 0.29) is 0 Å². The fourth-order valence-electron chi connectivity index (χ4n) is 5.41. The number of fused-ring (bicyclic) bond motifs is 6. The third kappa shape index (κ3) is 1.36. The molecule has 3 aliphatic carbocycles. The maximum Gasteiger partial charge on any atom is 0.337 e. The van der Waals surface area contributed by atoms with E-state index in [0.29, 0.717) is 17.1 Å². The molecule has 21 heavy (non-hydrogen) atoms. The minimum Gasteiger partial charge on any atom is -0.478 e. The second kappa shape index (κ2) is 3.67. The normalized spacial score (nSPS) is 36.1. The van der Waals surface area contributed by atoms with Gasteiger partial charge in [-0.2, -0.15) is 0 Å². The highest BCUT2D eigenvalue weighted by atomic mass is 16.4. The average molecular weight is 282 g/mol. The summed E-state index contributed by atoms with van der Waals surface area (Å²) in [5.74, 6) is 3.55. The van der Waals surface area contributed by atoms with Gasteiger partial charge in [0, 0.05) is 6.04 Å². The van der Waals surface area contributed by atoms with Crippen molar-refractivity contribution in [2.45, 2.75) is 32.2 Å². The van der Waals surface area contributed by atoms with Crippen molar-refractivity contribution < 1.29 is 9.90 Å². The minimum absolute atomic E-state index is 0.322. The number of aromatic carboxylic acids is 1. The number of carboxylic acids is 1. The van der Waals surface area contributed by atoms with Crippen LogP contribution in [-0.2, 0) is 0 Å². The molecule has 3 fully saturated rings. The minimum atomic E-state index is -0.888. The molecule has 4 nitrogen and oxygen atoms in total. The average Bonchev–Trinajstić information content (AvgIpc) is 2.80. The van der Waals surface area contributed by atoms with E-state index in [9.17, 15) is 9.90 Å². The van der Waals surface area contributed by atoms with Gasteiger partial charge in [-0.05, 0) is 62.0 Å². The molecule has 5 rings (SSSR count). The first kappa shape index (κ1) is 11.8. The third-order valence-corrected chi connectivity index (χ3v) is 6.12. The van der Waals surface area contributed by atoms with Crippen molar-refractivity contribution in [3.63, 3.8) is 0 Å². The zero-order valence-corrected chi connectivity index (χ0v) is 12.0. The number of hydrogen-bond donors (Lipinski definition) is 1. The summed E-state index contributed by atoms with van der Waals surface area (Å²) in [6.07, 6.45) is 4.22. The topological polar surface area (TPSA) is 55.1 Å². The van der Waals surface area contributed by atoms with Crippen molar-refractivity contribution in [1.29, 1.82) is 0 Å².